The number of likely N-dealkylation sites (N-methyl/N-ethyl adjacent to an activating group) is 1. The average molecular weight is 369 g/mol. The lowest BCUT2D eigenvalue weighted by Crippen LogP contribution is -2.28. The van der Waals surface area contributed by atoms with E-state index in [0.717, 1.165) is 30.7 Å². The van der Waals surface area contributed by atoms with E-state index >= 15 is 0 Å². The number of aromatic nitrogens is 2. The highest BCUT2D eigenvalue weighted by Gasteiger charge is 2.10. The van der Waals surface area contributed by atoms with Gasteiger partial charge in [-0.25, -0.2) is 14.4 Å². The van der Waals surface area contributed by atoms with E-state index < -0.39 is 0 Å². The molecule has 0 unspecified atom stereocenters. The van der Waals surface area contributed by atoms with Crippen molar-refractivity contribution in [2.75, 3.05) is 26.2 Å². The van der Waals surface area contributed by atoms with Crippen molar-refractivity contribution in [1.82, 2.24) is 14.9 Å². The van der Waals surface area contributed by atoms with Crippen molar-refractivity contribution in [3.05, 3.63) is 52.1 Å². The minimum atomic E-state index is -0.313. The van der Waals surface area contributed by atoms with Gasteiger partial charge in [0.25, 0.3) is 0 Å². The molecule has 1 aromatic carbocycles. The van der Waals surface area contributed by atoms with Crippen molar-refractivity contribution < 1.29 is 9.13 Å². The zero-order valence-corrected chi connectivity index (χ0v) is 15.6. The Labute approximate surface area is 156 Å². The van der Waals surface area contributed by atoms with Crippen LogP contribution >= 0.6 is 11.3 Å². The zero-order valence-electron chi connectivity index (χ0n) is 14.8. The van der Waals surface area contributed by atoms with Gasteiger partial charge in [-0.15, -0.1) is 11.3 Å². The van der Waals surface area contributed by atoms with Crippen LogP contribution in [-0.4, -0.2) is 41.1 Å². The molecule has 0 saturated carbocycles. The second-order valence-electron chi connectivity index (χ2n) is 5.66. The molecule has 0 spiro atoms. The molecule has 134 valence electrons. The Morgan fingerprint density at radius 1 is 1.12 bits per heavy atom. The number of benzene rings is 1. The van der Waals surface area contributed by atoms with E-state index in [0.29, 0.717) is 23.7 Å². The first-order valence-electron chi connectivity index (χ1n) is 8.56. The molecular formula is C20H20FN3OS. The molecule has 2 aromatic heterocycles. The van der Waals surface area contributed by atoms with Crippen molar-refractivity contribution in [2.24, 2.45) is 0 Å². The van der Waals surface area contributed by atoms with Crippen LogP contribution in [0, 0.1) is 17.7 Å². The Bertz CT molecular complexity index is 941. The molecule has 3 aromatic rings. The monoisotopic (exact) mass is 369 g/mol. The van der Waals surface area contributed by atoms with Gasteiger partial charge in [0.05, 0.1) is 0 Å². The lowest BCUT2D eigenvalue weighted by atomic mass is 10.2. The minimum absolute atomic E-state index is 0.313. The van der Waals surface area contributed by atoms with Gasteiger partial charge in [-0.05, 0) is 37.2 Å². The van der Waals surface area contributed by atoms with Crippen molar-refractivity contribution in [3.63, 3.8) is 0 Å². The van der Waals surface area contributed by atoms with Gasteiger partial charge < -0.3 is 9.64 Å². The van der Waals surface area contributed by atoms with E-state index in [1.54, 1.807) is 12.1 Å². The highest BCUT2D eigenvalue weighted by molar-refractivity contribution is 7.09. The Balaban J connectivity index is 1.85. The van der Waals surface area contributed by atoms with Gasteiger partial charge in [-0.3, -0.25) is 0 Å². The number of nitrogens with zero attached hydrogens (tertiary/aromatic N) is 3. The quantitative estimate of drug-likeness (QED) is 0.617. The molecule has 0 bridgehead atoms. The lowest BCUT2D eigenvalue weighted by Gasteiger charge is -2.17. The van der Waals surface area contributed by atoms with Crippen LogP contribution in [0.1, 0.15) is 25.1 Å². The number of rotatable bonds is 6. The SMILES string of the molecule is CCN(CC)CCOc1nc2cscc2nc1C#Cc1cccc(F)c1. The molecule has 6 heteroatoms. The third-order valence-corrected chi connectivity index (χ3v) is 4.69. The van der Waals surface area contributed by atoms with Gasteiger partial charge in [0.15, 0.2) is 5.69 Å². The Hall–Kier alpha value is -2.49. The molecule has 26 heavy (non-hydrogen) atoms. The van der Waals surface area contributed by atoms with E-state index in [4.69, 9.17) is 4.74 Å². The van der Waals surface area contributed by atoms with Gasteiger partial charge >= 0.3 is 0 Å². The third kappa shape index (κ3) is 4.57. The second-order valence-corrected chi connectivity index (χ2v) is 6.40. The number of halogens is 1. The van der Waals surface area contributed by atoms with E-state index in [-0.39, 0.29) is 5.82 Å². The molecule has 0 aliphatic carbocycles. The zero-order chi connectivity index (χ0) is 18.4. The lowest BCUT2D eigenvalue weighted by molar-refractivity contribution is 0.217. The molecule has 0 amide bonds. The number of hydrogen-bond donors (Lipinski definition) is 0. The predicted molar refractivity (Wildman–Crippen MR) is 103 cm³/mol. The molecule has 0 saturated heterocycles. The second kappa shape index (κ2) is 8.75. The molecule has 3 rings (SSSR count). The Morgan fingerprint density at radius 2 is 1.88 bits per heavy atom. The largest absolute Gasteiger partial charge is 0.474 e. The van der Waals surface area contributed by atoms with Crippen LogP contribution in [0.4, 0.5) is 4.39 Å². The summed E-state index contributed by atoms with van der Waals surface area (Å²) in [5.74, 6) is 6.03. The van der Waals surface area contributed by atoms with Crippen molar-refractivity contribution >= 4 is 22.4 Å². The summed E-state index contributed by atoms with van der Waals surface area (Å²) in [4.78, 5) is 11.4. The van der Waals surface area contributed by atoms with Gasteiger partial charge in [0.1, 0.15) is 23.5 Å². The third-order valence-electron chi connectivity index (χ3n) is 3.97. The van der Waals surface area contributed by atoms with Gasteiger partial charge in [-0.2, -0.15) is 0 Å². The van der Waals surface area contributed by atoms with Crippen molar-refractivity contribution in [3.8, 4) is 17.7 Å². The molecule has 4 nitrogen and oxygen atoms in total. The summed E-state index contributed by atoms with van der Waals surface area (Å²) in [7, 11) is 0. The summed E-state index contributed by atoms with van der Waals surface area (Å²) in [5.41, 5.74) is 2.64. The van der Waals surface area contributed by atoms with Gasteiger partial charge in [0.2, 0.25) is 5.88 Å². The molecule has 0 N–H and O–H groups in total. The number of thiophene rings is 1. The fraction of sp³-hybridized carbons (Fsp3) is 0.300. The molecule has 0 aliphatic rings. The normalized spacial score (nSPS) is 10.8. The van der Waals surface area contributed by atoms with Crippen LogP contribution in [0.15, 0.2) is 35.0 Å². The highest BCUT2D eigenvalue weighted by atomic mass is 32.1. The van der Waals surface area contributed by atoms with Crippen LogP contribution in [0.2, 0.25) is 0 Å². The summed E-state index contributed by atoms with van der Waals surface area (Å²) in [5, 5.41) is 3.86. The van der Waals surface area contributed by atoms with Crippen LogP contribution in [0.5, 0.6) is 5.88 Å². The van der Waals surface area contributed by atoms with Crippen LogP contribution < -0.4 is 4.74 Å². The van der Waals surface area contributed by atoms with Gasteiger partial charge in [0, 0.05) is 22.9 Å². The number of ether oxygens (including phenoxy) is 1. The summed E-state index contributed by atoms with van der Waals surface area (Å²) in [6.07, 6.45) is 0. The van der Waals surface area contributed by atoms with Crippen LogP contribution in [0.25, 0.3) is 11.0 Å². The highest BCUT2D eigenvalue weighted by Crippen LogP contribution is 2.21. The molecular weight excluding hydrogens is 349 g/mol. The number of hydrogen-bond acceptors (Lipinski definition) is 5. The van der Waals surface area contributed by atoms with Crippen LogP contribution in [0.3, 0.4) is 0 Å². The van der Waals surface area contributed by atoms with Gasteiger partial charge in [-0.1, -0.05) is 25.8 Å². The smallest absolute Gasteiger partial charge is 0.249 e. The van der Waals surface area contributed by atoms with Crippen molar-refractivity contribution in [2.45, 2.75) is 13.8 Å². The van der Waals surface area contributed by atoms with E-state index in [1.807, 2.05) is 10.8 Å². The maximum absolute atomic E-state index is 13.3. The first-order valence-corrected chi connectivity index (χ1v) is 9.50. The maximum Gasteiger partial charge on any atom is 0.249 e. The molecule has 0 atom stereocenters. The average Bonchev–Trinajstić information content (AvgIpc) is 3.10. The minimum Gasteiger partial charge on any atom is -0.474 e. The predicted octanol–water partition coefficient (Wildman–Crippen LogP) is 3.95. The topological polar surface area (TPSA) is 38.2 Å². The Morgan fingerprint density at radius 3 is 2.62 bits per heavy atom. The molecule has 0 aliphatic heterocycles. The fourth-order valence-electron chi connectivity index (χ4n) is 2.47. The standard InChI is InChI=1S/C20H20FN3OS/c1-3-24(4-2)10-11-25-20-17(22-18-13-26-14-19(18)23-20)9-8-15-6-5-7-16(21)12-15/h5-7,12-14H,3-4,10-11H2,1-2H3. The summed E-state index contributed by atoms with van der Waals surface area (Å²) < 4.78 is 19.2. The molecule has 0 fully saturated rings. The first-order chi connectivity index (χ1) is 12.7. The van der Waals surface area contributed by atoms with Crippen LogP contribution in [-0.2, 0) is 0 Å². The Kier molecular flexibility index (Phi) is 6.16. The van der Waals surface area contributed by atoms with E-state index in [9.17, 15) is 4.39 Å². The van der Waals surface area contributed by atoms with E-state index in [2.05, 4.69) is 40.6 Å². The number of fused-ring (bicyclic) bond motifs is 1. The summed E-state index contributed by atoms with van der Waals surface area (Å²) in [6.45, 7) is 7.52. The van der Waals surface area contributed by atoms with Crippen molar-refractivity contribution in [1.29, 1.82) is 0 Å². The summed E-state index contributed by atoms with van der Waals surface area (Å²) >= 11 is 1.54. The molecule has 2 heterocycles. The fourth-order valence-corrected chi connectivity index (χ4v) is 3.15. The first kappa shape index (κ1) is 18.3. The maximum atomic E-state index is 13.3. The molecule has 0 radical (unpaired) electrons. The summed E-state index contributed by atoms with van der Waals surface area (Å²) in [6, 6.07) is 6.18. The van der Waals surface area contributed by atoms with E-state index in [1.165, 1.54) is 23.5 Å².